The molecule has 3 N–H and O–H groups in total. The third-order valence-corrected chi connectivity index (χ3v) is 2.53. The van der Waals surface area contributed by atoms with Crippen LogP contribution in [0, 0.1) is 0 Å². The topological polar surface area (TPSA) is 79.5 Å². The molecule has 0 aliphatic carbocycles. The average molecular weight is 249 g/mol. The molecule has 0 saturated carbocycles. The third kappa shape index (κ3) is 2.91. The Kier molecular flexibility index (Phi) is 3.66. The van der Waals surface area contributed by atoms with Crippen LogP contribution in [0.1, 0.15) is 6.92 Å². The number of hydrogen-bond donors (Lipinski definition) is 3. The van der Waals surface area contributed by atoms with Gasteiger partial charge in [0.25, 0.3) is 5.91 Å². The summed E-state index contributed by atoms with van der Waals surface area (Å²) in [5.74, 6) is 0.456. The van der Waals surface area contributed by atoms with E-state index in [-0.39, 0.29) is 12.5 Å². The van der Waals surface area contributed by atoms with Gasteiger partial charge in [-0.2, -0.15) is 0 Å². The highest BCUT2D eigenvalue weighted by atomic mass is 16.5. The van der Waals surface area contributed by atoms with Gasteiger partial charge in [-0.1, -0.05) is 0 Å². The molecule has 0 spiro atoms. The predicted octanol–water partition coefficient (Wildman–Crippen LogP) is 0.705. The van der Waals surface area contributed by atoms with E-state index in [1.807, 2.05) is 31.2 Å². The molecule has 1 aliphatic rings. The summed E-state index contributed by atoms with van der Waals surface area (Å²) >= 11 is 0. The molecule has 2 rings (SSSR count). The molecule has 3 amide bonds. The number of nitrogens with one attached hydrogen (secondary N) is 3. The van der Waals surface area contributed by atoms with Crippen LogP contribution in [0.5, 0.6) is 5.75 Å². The molecule has 0 aromatic heterocycles. The van der Waals surface area contributed by atoms with Crippen molar-refractivity contribution in [3.05, 3.63) is 24.3 Å². The highest BCUT2D eigenvalue weighted by Gasteiger charge is 2.25. The first kappa shape index (κ1) is 12.2. The molecule has 1 aliphatic heterocycles. The second kappa shape index (κ2) is 5.39. The number of imide groups is 1. The van der Waals surface area contributed by atoms with Gasteiger partial charge in [-0.25, -0.2) is 4.79 Å². The monoisotopic (exact) mass is 249 g/mol. The average Bonchev–Trinajstić information content (AvgIpc) is 2.35. The molecule has 0 unspecified atom stereocenters. The first-order valence-electron chi connectivity index (χ1n) is 5.77. The number of benzene rings is 1. The first-order chi connectivity index (χ1) is 8.69. The Balaban J connectivity index is 1.96. The Morgan fingerprint density at radius 1 is 1.33 bits per heavy atom. The van der Waals surface area contributed by atoms with Gasteiger partial charge < -0.3 is 15.4 Å². The minimum absolute atomic E-state index is 0.276. The summed E-state index contributed by atoms with van der Waals surface area (Å²) in [5.41, 5.74) is 0.801. The van der Waals surface area contributed by atoms with Crippen LogP contribution in [-0.4, -0.2) is 31.1 Å². The van der Waals surface area contributed by atoms with E-state index in [0.29, 0.717) is 6.61 Å². The first-order valence-corrected chi connectivity index (χ1v) is 5.77. The molecule has 96 valence electrons. The van der Waals surface area contributed by atoms with Crippen molar-refractivity contribution in [2.24, 2.45) is 0 Å². The Bertz CT molecular complexity index is 444. The number of hydrogen-bond acceptors (Lipinski definition) is 4. The lowest BCUT2D eigenvalue weighted by atomic mass is 10.2. The van der Waals surface area contributed by atoms with Crippen LogP contribution < -0.4 is 20.7 Å². The van der Waals surface area contributed by atoms with Crippen LogP contribution in [0.25, 0.3) is 0 Å². The lowest BCUT2D eigenvalue weighted by Crippen LogP contribution is -2.57. The van der Waals surface area contributed by atoms with Crippen molar-refractivity contribution in [3.63, 3.8) is 0 Å². The fourth-order valence-corrected chi connectivity index (χ4v) is 1.66. The van der Waals surface area contributed by atoms with Gasteiger partial charge in [0, 0.05) is 12.2 Å². The lowest BCUT2D eigenvalue weighted by Gasteiger charge is -2.23. The summed E-state index contributed by atoms with van der Waals surface area (Å²) in [6.45, 7) is 2.81. The standard InChI is InChI=1S/C12H15N3O3/c1-2-18-9-5-3-8(4-6-9)14-10-7-13-12(17)15-11(10)16/h3-6,10,14H,2,7H2,1H3,(H2,13,15,16,17)/t10-/m1/s1. The molecule has 1 heterocycles. The van der Waals surface area contributed by atoms with E-state index in [1.54, 1.807) is 0 Å². The van der Waals surface area contributed by atoms with E-state index in [2.05, 4.69) is 16.0 Å². The van der Waals surface area contributed by atoms with Crippen LogP contribution in [0.3, 0.4) is 0 Å². The zero-order chi connectivity index (χ0) is 13.0. The second-order valence-corrected chi connectivity index (χ2v) is 3.85. The number of carbonyl (C=O) groups is 2. The Morgan fingerprint density at radius 2 is 2.06 bits per heavy atom. The molecule has 6 heteroatoms. The number of urea groups is 1. The highest BCUT2D eigenvalue weighted by molar-refractivity contribution is 6.00. The maximum Gasteiger partial charge on any atom is 0.321 e. The van der Waals surface area contributed by atoms with Crippen LogP contribution in [-0.2, 0) is 4.79 Å². The van der Waals surface area contributed by atoms with Gasteiger partial charge in [-0.05, 0) is 31.2 Å². The fraction of sp³-hybridized carbons (Fsp3) is 0.333. The van der Waals surface area contributed by atoms with E-state index < -0.39 is 12.1 Å². The smallest absolute Gasteiger partial charge is 0.321 e. The van der Waals surface area contributed by atoms with Crippen molar-refractivity contribution in [1.82, 2.24) is 10.6 Å². The minimum Gasteiger partial charge on any atom is -0.494 e. The molecule has 1 saturated heterocycles. The summed E-state index contributed by atoms with van der Waals surface area (Å²) in [6.07, 6.45) is 0. The lowest BCUT2D eigenvalue weighted by molar-refractivity contribution is -0.121. The summed E-state index contributed by atoms with van der Waals surface area (Å²) in [6, 6.07) is 6.39. The zero-order valence-electron chi connectivity index (χ0n) is 10.0. The van der Waals surface area contributed by atoms with Crippen molar-refractivity contribution < 1.29 is 14.3 Å². The van der Waals surface area contributed by atoms with E-state index in [0.717, 1.165) is 11.4 Å². The van der Waals surface area contributed by atoms with Crippen molar-refractivity contribution >= 4 is 17.6 Å². The summed E-state index contributed by atoms with van der Waals surface area (Å²) in [5, 5.41) is 7.80. The number of carbonyl (C=O) groups excluding carboxylic acids is 2. The van der Waals surface area contributed by atoms with Gasteiger partial charge in [-0.15, -0.1) is 0 Å². The minimum atomic E-state index is -0.458. The zero-order valence-corrected chi connectivity index (χ0v) is 10.0. The van der Waals surface area contributed by atoms with Crippen molar-refractivity contribution in [3.8, 4) is 5.75 Å². The quantitative estimate of drug-likeness (QED) is 0.734. The Labute approximate surface area is 105 Å². The largest absolute Gasteiger partial charge is 0.494 e. The maximum atomic E-state index is 11.5. The van der Waals surface area contributed by atoms with E-state index in [4.69, 9.17) is 4.74 Å². The molecule has 18 heavy (non-hydrogen) atoms. The second-order valence-electron chi connectivity index (χ2n) is 3.85. The maximum absolute atomic E-state index is 11.5. The van der Waals surface area contributed by atoms with Gasteiger partial charge in [0.15, 0.2) is 0 Å². The normalized spacial score (nSPS) is 18.8. The van der Waals surface area contributed by atoms with Crippen molar-refractivity contribution in [2.75, 3.05) is 18.5 Å². The van der Waals surface area contributed by atoms with Gasteiger partial charge >= 0.3 is 6.03 Å². The van der Waals surface area contributed by atoms with Crippen molar-refractivity contribution in [2.45, 2.75) is 13.0 Å². The number of anilines is 1. The van der Waals surface area contributed by atoms with Crippen LogP contribution >= 0.6 is 0 Å². The molecular weight excluding hydrogens is 234 g/mol. The molecule has 1 aromatic rings. The van der Waals surface area contributed by atoms with Gasteiger partial charge in [-0.3, -0.25) is 10.1 Å². The third-order valence-electron chi connectivity index (χ3n) is 2.53. The number of rotatable bonds is 4. The Hall–Kier alpha value is -2.24. The number of amides is 3. The van der Waals surface area contributed by atoms with Gasteiger partial charge in [0.1, 0.15) is 11.8 Å². The molecule has 0 bridgehead atoms. The van der Waals surface area contributed by atoms with E-state index in [1.165, 1.54) is 0 Å². The van der Waals surface area contributed by atoms with E-state index in [9.17, 15) is 9.59 Å². The van der Waals surface area contributed by atoms with E-state index >= 15 is 0 Å². The fourth-order valence-electron chi connectivity index (χ4n) is 1.66. The molecule has 1 atom stereocenters. The van der Waals surface area contributed by atoms with Gasteiger partial charge in [0.05, 0.1) is 6.61 Å². The SMILES string of the molecule is CCOc1ccc(N[C@@H]2CNC(=O)NC2=O)cc1. The molecular formula is C12H15N3O3. The number of ether oxygens (including phenoxy) is 1. The van der Waals surface area contributed by atoms with Crippen LogP contribution in [0.2, 0.25) is 0 Å². The van der Waals surface area contributed by atoms with Gasteiger partial charge in [0.2, 0.25) is 0 Å². The van der Waals surface area contributed by atoms with Crippen LogP contribution in [0.4, 0.5) is 10.5 Å². The summed E-state index contributed by atoms with van der Waals surface area (Å²) < 4.78 is 5.32. The Morgan fingerprint density at radius 3 is 2.67 bits per heavy atom. The highest BCUT2D eigenvalue weighted by Crippen LogP contribution is 2.16. The van der Waals surface area contributed by atoms with Crippen molar-refractivity contribution in [1.29, 1.82) is 0 Å². The molecule has 1 aromatic carbocycles. The summed E-state index contributed by atoms with van der Waals surface area (Å²) in [4.78, 5) is 22.4. The van der Waals surface area contributed by atoms with Crippen LogP contribution in [0.15, 0.2) is 24.3 Å². The molecule has 6 nitrogen and oxygen atoms in total. The molecule has 0 radical (unpaired) electrons. The summed E-state index contributed by atoms with van der Waals surface area (Å²) in [7, 11) is 0. The molecule has 1 fully saturated rings. The predicted molar refractivity (Wildman–Crippen MR) is 66.6 cm³/mol.